The normalized spacial score (nSPS) is 17.0. The van der Waals surface area contributed by atoms with Gasteiger partial charge in [-0.15, -0.1) is 0 Å². The zero-order valence-electron chi connectivity index (χ0n) is 14.1. The van der Waals surface area contributed by atoms with Crippen LogP contribution in [0, 0.1) is 0 Å². The van der Waals surface area contributed by atoms with E-state index >= 15 is 0 Å². The molecular formula is C17H18NO7-. The van der Waals surface area contributed by atoms with Gasteiger partial charge in [0.05, 0.1) is 25.8 Å². The number of rotatable bonds is 7. The van der Waals surface area contributed by atoms with Crippen molar-refractivity contribution in [3.8, 4) is 11.5 Å². The first kappa shape index (κ1) is 18.3. The average molecular weight is 348 g/mol. The number of Topliss-reactive ketones (excluding diaryl/α,β-unsaturated/α-hetero) is 1. The van der Waals surface area contributed by atoms with E-state index in [1.807, 2.05) is 0 Å². The monoisotopic (exact) mass is 348 g/mol. The fourth-order valence-electron chi connectivity index (χ4n) is 2.82. The van der Waals surface area contributed by atoms with Gasteiger partial charge in [0.15, 0.2) is 23.0 Å². The lowest BCUT2D eigenvalue weighted by Crippen LogP contribution is -2.35. The Morgan fingerprint density at radius 1 is 1.24 bits per heavy atom. The number of carboxylic acids is 1. The molecule has 0 aromatic heterocycles. The molecule has 1 atom stereocenters. The minimum Gasteiger partial charge on any atom is -0.550 e. The predicted molar refractivity (Wildman–Crippen MR) is 84.0 cm³/mol. The van der Waals surface area contributed by atoms with Crippen molar-refractivity contribution in [2.75, 3.05) is 20.8 Å². The third kappa shape index (κ3) is 3.42. The van der Waals surface area contributed by atoms with Gasteiger partial charge in [0, 0.05) is 18.9 Å². The highest BCUT2D eigenvalue weighted by atomic mass is 16.5. The van der Waals surface area contributed by atoms with Gasteiger partial charge >= 0.3 is 0 Å². The number of hydrogen-bond donors (Lipinski definition) is 1. The Morgan fingerprint density at radius 2 is 1.88 bits per heavy atom. The van der Waals surface area contributed by atoms with Crippen LogP contribution in [-0.2, 0) is 14.4 Å². The smallest absolute Gasteiger partial charge is 0.290 e. The Bertz CT molecular complexity index is 753. The highest BCUT2D eigenvalue weighted by molar-refractivity contribution is 6.08. The van der Waals surface area contributed by atoms with Gasteiger partial charge in [-0.3, -0.25) is 9.59 Å². The molecule has 8 heteroatoms. The zero-order chi connectivity index (χ0) is 18.7. The molecule has 1 aromatic rings. The Labute approximate surface area is 144 Å². The van der Waals surface area contributed by atoms with Gasteiger partial charge < -0.3 is 29.4 Å². The lowest BCUT2D eigenvalue weighted by atomic mass is 9.96. The molecule has 1 N–H and O–H groups in total. The molecule has 0 unspecified atom stereocenters. The highest BCUT2D eigenvalue weighted by Gasteiger charge is 2.42. The van der Waals surface area contributed by atoms with Crippen molar-refractivity contribution in [1.29, 1.82) is 0 Å². The molecule has 0 aliphatic carbocycles. The SMILES string of the molecule is COc1ccc([C@H]2C(C(C)=O)=C(O)C(=O)N2CCC(=O)[O-])cc1OC. The van der Waals surface area contributed by atoms with E-state index in [-0.39, 0.29) is 12.1 Å². The summed E-state index contributed by atoms with van der Waals surface area (Å²) in [5.74, 6) is -2.47. The lowest BCUT2D eigenvalue weighted by molar-refractivity contribution is -0.305. The number of nitrogens with zero attached hydrogens (tertiary/aromatic N) is 1. The fraction of sp³-hybridized carbons (Fsp3) is 0.353. The van der Waals surface area contributed by atoms with Crippen LogP contribution in [0.5, 0.6) is 11.5 Å². The summed E-state index contributed by atoms with van der Waals surface area (Å²) in [5, 5.41) is 20.8. The highest BCUT2D eigenvalue weighted by Crippen LogP contribution is 2.40. The van der Waals surface area contributed by atoms with Gasteiger partial charge in [0.1, 0.15) is 0 Å². The molecule has 1 aliphatic heterocycles. The van der Waals surface area contributed by atoms with Crippen LogP contribution in [0.3, 0.4) is 0 Å². The summed E-state index contributed by atoms with van der Waals surface area (Å²) in [6.07, 6.45) is -0.423. The van der Waals surface area contributed by atoms with Crippen molar-refractivity contribution in [3.63, 3.8) is 0 Å². The van der Waals surface area contributed by atoms with Gasteiger partial charge in [0.25, 0.3) is 5.91 Å². The molecule has 0 radical (unpaired) electrons. The van der Waals surface area contributed by atoms with Crippen LogP contribution in [0.25, 0.3) is 0 Å². The van der Waals surface area contributed by atoms with Crippen molar-refractivity contribution in [2.24, 2.45) is 0 Å². The molecular weight excluding hydrogens is 330 g/mol. The van der Waals surface area contributed by atoms with Crippen LogP contribution in [0.4, 0.5) is 0 Å². The van der Waals surface area contributed by atoms with Crippen LogP contribution >= 0.6 is 0 Å². The summed E-state index contributed by atoms with van der Waals surface area (Å²) in [6.45, 7) is 1.02. The number of ketones is 1. The van der Waals surface area contributed by atoms with Crippen molar-refractivity contribution >= 4 is 17.7 Å². The van der Waals surface area contributed by atoms with E-state index in [0.29, 0.717) is 17.1 Å². The standard InChI is InChI=1S/C17H19NO7/c1-9(19)14-15(10-4-5-11(24-2)12(8-10)25-3)18(7-6-13(20)21)17(23)16(14)22/h4-5,8,15,22H,6-7H2,1-3H3,(H,20,21)/p-1/t15-/m0/s1. The van der Waals surface area contributed by atoms with E-state index in [1.54, 1.807) is 18.2 Å². The molecule has 0 fully saturated rings. The molecule has 8 nitrogen and oxygen atoms in total. The molecule has 1 aliphatic rings. The number of hydrogen-bond acceptors (Lipinski definition) is 7. The first-order valence-corrected chi connectivity index (χ1v) is 7.48. The zero-order valence-corrected chi connectivity index (χ0v) is 14.1. The Morgan fingerprint density at radius 3 is 2.40 bits per heavy atom. The average Bonchev–Trinajstić information content (AvgIpc) is 2.83. The number of carboxylic acid groups (broad SMARTS) is 1. The van der Waals surface area contributed by atoms with E-state index in [0.717, 1.165) is 4.90 Å². The van der Waals surface area contributed by atoms with Crippen molar-refractivity contribution in [1.82, 2.24) is 4.90 Å². The van der Waals surface area contributed by atoms with Crippen molar-refractivity contribution < 1.29 is 34.1 Å². The second-order valence-corrected chi connectivity index (χ2v) is 5.46. The molecule has 1 amide bonds. The molecule has 1 heterocycles. The first-order valence-electron chi connectivity index (χ1n) is 7.48. The number of aliphatic carboxylic acids is 1. The quantitative estimate of drug-likeness (QED) is 0.744. The molecule has 134 valence electrons. The number of methoxy groups -OCH3 is 2. The van der Waals surface area contributed by atoms with Gasteiger partial charge in [-0.1, -0.05) is 6.07 Å². The molecule has 0 saturated heterocycles. The predicted octanol–water partition coefficient (Wildman–Crippen LogP) is 0.128. The molecule has 25 heavy (non-hydrogen) atoms. The summed E-state index contributed by atoms with van der Waals surface area (Å²) in [6, 6.07) is 3.88. The second-order valence-electron chi connectivity index (χ2n) is 5.46. The van der Waals surface area contributed by atoms with E-state index in [2.05, 4.69) is 0 Å². The summed E-state index contributed by atoms with van der Waals surface area (Å²) < 4.78 is 10.4. The summed E-state index contributed by atoms with van der Waals surface area (Å²) in [4.78, 5) is 36.1. The van der Waals surface area contributed by atoms with E-state index in [9.17, 15) is 24.6 Å². The maximum Gasteiger partial charge on any atom is 0.290 e. The van der Waals surface area contributed by atoms with Crippen LogP contribution in [-0.4, -0.2) is 48.4 Å². The first-order chi connectivity index (χ1) is 11.8. The number of aliphatic hydroxyl groups is 1. The summed E-state index contributed by atoms with van der Waals surface area (Å²) in [7, 11) is 2.91. The van der Waals surface area contributed by atoms with Gasteiger partial charge in [-0.25, -0.2) is 0 Å². The molecule has 0 bridgehead atoms. The maximum atomic E-state index is 12.3. The maximum absolute atomic E-state index is 12.3. The topological polar surface area (TPSA) is 116 Å². The van der Waals surface area contributed by atoms with Crippen LogP contribution in [0.1, 0.15) is 24.9 Å². The Kier molecular flexibility index (Phi) is 5.31. The fourth-order valence-corrected chi connectivity index (χ4v) is 2.82. The number of ether oxygens (including phenoxy) is 2. The van der Waals surface area contributed by atoms with Gasteiger partial charge in [-0.05, 0) is 24.6 Å². The van der Waals surface area contributed by atoms with Crippen molar-refractivity contribution in [2.45, 2.75) is 19.4 Å². The molecule has 2 rings (SSSR count). The number of carbonyl (C=O) groups excluding carboxylic acids is 3. The lowest BCUT2D eigenvalue weighted by Gasteiger charge is -2.27. The third-order valence-electron chi connectivity index (χ3n) is 3.96. The van der Waals surface area contributed by atoms with Crippen LogP contribution < -0.4 is 14.6 Å². The minimum atomic E-state index is -1.34. The number of amides is 1. The van der Waals surface area contributed by atoms with Gasteiger partial charge in [0.2, 0.25) is 0 Å². The Balaban J connectivity index is 2.52. The number of carbonyl (C=O) groups is 3. The largest absolute Gasteiger partial charge is 0.550 e. The van der Waals surface area contributed by atoms with Crippen molar-refractivity contribution in [3.05, 3.63) is 35.1 Å². The molecule has 0 spiro atoms. The summed E-state index contributed by atoms with van der Waals surface area (Å²) >= 11 is 0. The van der Waals surface area contributed by atoms with E-state index in [1.165, 1.54) is 21.1 Å². The third-order valence-corrected chi connectivity index (χ3v) is 3.96. The van der Waals surface area contributed by atoms with E-state index in [4.69, 9.17) is 9.47 Å². The van der Waals surface area contributed by atoms with Crippen LogP contribution in [0.15, 0.2) is 29.5 Å². The second kappa shape index (κ2) is 7.25. The minimum absolute atomic E-state index is 0.0874. The molecule has 1 aromatic carbocycles. The number of aliphatic hydroxyl groups excluding tert-OH is 1. The van der Waals surface area contributed by atoms with Crippen LogP contribution in [0.2, 0.25) is 0 Å². The van der Waals surface area contributed by atoms with Gasteiger partial charge in [-0.2, -0.15) is 0 Å². The van der Waals surface area contributed by atoms with E-state index < -0.39 is 35.9 Å². The number of benzene rings is 1. The Hall–Kier alpha value is -3.03. The summed E-state index contributed by atoms with van der Waals surface area (Å²) in [5.41, 5.74) is 0.397. The molecule has 0 saturated carbocycles.